The lowest BCUT2D eigenvalue weighted by Crippen LogP contribution is -2.40. The second-order valence-electron chi connectivity index (χ2n) is 4.25. The highest BCUT2D eigenvalue weighted by molar-refractivity contribution is 5.80. The zero-order chi connectivity index (χ0) is 9.42. The fourth-order valence-corrected chi connectivity index (χ4v) is 2.55. The van der Waals surface area contributed by atoms with E-state index in [0.29, 0.717) is 11.8 Å². The summed E-state index contributed by atoms with van der Waals surface area (Å²) in [5.74, 6) is 0.935. The van der Waals surface area contributed by atoms with Crippen LogP contribution in [0.15, 0.2) is 11.3 Å². The van der Waals surface area contributed by atoms with Gasteiger partial charge in [0.25, 0.3) is 0 Å². The molecule has 2 aliphatic heterocycles. The normalized spacial score (nSPS) is 29.2. The lowest BCUT2D eigenvalue weighted by molar-refractivity contribution is -0.131. The zero-order valence-electron chi connectivity index (χ0n) is 8.47. The molecule has 1 amide bonds. The van der Waals surface area contributed by atoms with Gasteiger partial charge in [0.15, 0.2) is 0 Å². The Hall–Kier alpha value is -0.790. The molecule has 0 aromatic heterocycles. The fourth-order valence-electron chi connectivity index (χ4n) is 2.55. The molecule has 13 heavy (non-hydrogen) atoms. The van der Waals surface area contributed by atoms with Gasteiger partial charge in [-0.25, -0.2) is 0 Å². The molecule has 1 fully saturated rings. The van der Waals surface area contributed by atoms with Crippen LogP contribution in [0.3, 0.4) is 0 Å². The largest absolute Gasteiger partial charge is 0.316 e. The molecule has 0 radical (unpaired) electrons. The molecule has 0 bridgehead atoms. The minimum Gasteiger partial charge on any atom is -0.316 e. The van der Waals surface area contributed by atoms with Crippen molar-refractivity contribution in [1.82, 2.24) is 4.90 Å². The molecular weight excluding hydrogens is 162 g/mol. The van der Waals surface area contributed by atoms with Crippen LogP contribution in [0.5, 0.6) is 0 Å². The van der Waals surface area contributed by atoms with Gasteiger partial charge in [-0.3, -0.25) is 4.79 Å². The first kappa shape index (κ1) is 8.79. The molecule has 1 saturated heterocycles. The third-order valence-corrected chi connectivity index (χ3v) is 3.23. The standard InChI is InChI=1S/C11H17NO/c1-8-4-3-7-12-10(13)6-5-9(2)11(8)12/h8H,3-7H2,1-2H3. The first-order valence-corrected chi connectivity index (χ1v) is 5.20. The summed E-state index contributed by atoms with van der Waals surface area (Å²) in [5, 5.41) is 0. The Morgan fingerprint density at radius 1 is 1.38 bits per heavy atom. The molecule has 0 N–H and O–H groups in total. The van der Waals surface area contributed by atoms with Crippen molar-refractivity contribution in [2.75, 3.05) is 6.54 Å². The van der Waals surface area contributed by atoms with Crippen LogP contribution in [0, 0.1) is 5.92 Å². The summed E-state index contributed by atoms with van der Waals surface area (Å²) < 4.78 is 0. The molecule has 0 saturated carbocycles. The molecule has 2 heterocycles. The smallest absolute Gasteiger partial charge is 0.227 e. The molecule has 0 aromatic rings. The van der Waals surface area contributed by atoms with Crippen molar-refractivity contribution in [3.8, 4) is 0 Å². The monoisotopic (exact) mass is 179 g/mol. The molecule has 1 atom stereocenters. The number of carbonyl (C=O) groups excluding carboxylic acids is 1. The summed E-state index contributed by atoms with van der Waals surface area (Å²) in [7, 11) is 0. The molecular formula is C11H17NO. The Labute approximate surface area is 79.6 Å². The Morgan fingerprint density at radius 2 is 2.15 bits per heavy atom. The second kappa shape index (κ2) is 3.17. The van der Waals surface area contributed by atoms with Crippen LogP contribution in [0.4, 0.5) is 0 Å². The maximum absolute atomic E-state index is 11.6. The SMILES string of the molecule is CC1=C2C(C)CCCN2C(=O)CC1. The maximum atomic E-state index is 11.6. The summed E-state index contributed by atoms with van der Waals surface area (Å²) in [6.45, 7) is 5.37. The Balaban J connectivity index is 2.34. The molecule has 0 aromatic carbocycles. The molecule has 2 heteroatoms. The van der Waals surface area contributed by atoms with E-state index in [4.69, 9.17) is 0 Å². The second-order valence-corrected chi connectivity index (χ2v) is 4.25. The van der Waals surface area contributed by atoms with E-state index in [1.165, 1.54) is 24.1 Å². The third kappa shape index (κ3) is 1.38. The van der Waals surface area contributed by atoms with E-state index in [-0.39, 0.29) is 0 Å². The van der Waals surface area contributed by atoms with Crippen LogP contribution in [0.2, 0.25) is 0 Å². The first-order chi connectivity index (χ1) is 6.20. The van der Waals surface area contributed by atoms with E-state index in [1.54, 1.807) is 0 Å². The number of hydrogen-bond acceptors (Lipinski definition) is 1. The van der Waals surface area contributed by atoms with Crippen molar-refractivity contribution in [1.29, 1.82) is 0 Å². The first-order valence-electron chi connectivity index (χ1n) is 5.20. The van der Waals surface area contributed by atoms with E-state index in [2.05, 4.69) is 13.8 Å². The van der Waals surface area contributed by atoms with E-state index in [0.717, 1.165) is 19.4 Å². The van der Waals surface area contributed by atoms with Gasteiger partial charge >= 0.3 is 0 Å². The lowest BCUT2D eigenvalue weighted by Gasteiger charge is -2.38. The third-order valence-electron chi connectivity index (χ3n) is 3.23. The minimum absolute atomic E-state index is 0.340. The number of rotatable bonds is 0. The van der Waals surface area contributed by atoms with Crippen molar-refractivity contribution < 1.29 is 4.79 Å². The number of allylic oxidation sites excluding steroid dienone is 2. The van der Waals surface area contributed by atoms with Gasteiger partial charge in [0.05, 0.1) is 0 Å². The zero-order valence-corrected chi connectivity index (χ0v) is 8.47. The average Bonchev–Trinajstić information content (AvgIpc) is 2.12. The van der Waals surface area contributed by atoms with Gasteiger partial charge in [-0.2, -0.15) is 0 Å². The van der Waals surface area contributed by atoms with Gasteiger partial charge in [0, 0.05) is 18.7 Å². The van der Waals surface area contributed by atoms with Crippen molar-refractivity contribution in [2.24, 2.45) is 5.92 Å². The average molecular weight is 179 g/mol. The molecule has 2 rings (SSSR count). The predicted molar refractivity (Wildman–Crippen MR) is 52.0 cm³/mol. The van der Waals surface area contributed by atoms with Crippen LogP contribution in [-0.4, -0.2) is 17.4 Å². The summed E-state index contributed by atoms with van der Waals surface area (Å²) >= 11 is 0. The molecule has 1 unspecified atom stereocenters. The van der Waals surface area contributed by atoms with Crippen LogP contribution in [-0.2, 0) is 4.79 Å². The van der Waals surface area contributed by atoms with Crippen LogP contribution >= 0.6 is 0 Å². The van der Waals surface area contributed by atoms with Gasteiger partial charge in [0.2, 0.25) is 5.91 Å². The van der Waals surface area contributed by atoms with Crippen molar-refractivity contribution in [3.05, 3.63) is 11.3 Å². The van der Waals surface area contributed by atoms with E-state index in [9.17, 15) is 4.79 Å². The molecule has 2 nitrogen and oxygen atoms in total. The van der Waals surface area contributed by atoms with Gasteiger partial charge in [-0.05, 0) is 32.1 Å². The maximum Gasteiger partial charge on any atom is 0.227 e. The predicted octanol–water partition coefficient (Wildman–Crippen LogP) is 2.31. The van der Waals surface area contributed by atoms with Gasteiger partial charge < -0.3 is 4.90 Å². The Kier molecular flexibility index (Phi) is 2.14. The number of nitrogens with zero attached hydrogens (tertiary/aromatic N) is 1. The number of amides is 1. The summed E-state index contributed by atoms with van der Waals surface area (Å²) in [6.07, 6.45) is 4.12. The fraction of sp³-hybridized carbons (Fsp3) is 0.727. The van der Waals surface area contributed by atoms with Gasteiger partial charge in [-0.15, -0.1) is 0 Å². The van der Waals surface area contributed by atoms with Crippen LogP contribution in [0.25, 0.3) is 0 Å². The molecule has 0 aliphatic carbocycles. The molecule has 2 aliphatic rings. The van der Waals surface area contributed by atoms with E-state index < -0.39 is 0 Å². The summed E-state index contributed by atoms with van der Waals surface area (Å²) in [4.78, 5) is 13.6. The van der Waals surface area contributed by atoms with Crippen LogP contribution in [0.1, 0.15) is 39.5 Å². The number of fused-ring (bicyclic) bond motifs is 1. The number of carbonyl (C=O) groups is 1. The number of piperidine rings is 1. The lowest BCUT2D eigenvalue weighted by atomic mass is 9.88. The highest BCUT2D eigenvalue weighted by Crippen LogP contribution is 2.34. The highest BCUT2D eigenvalue weighted by Gasteiger charge is 2.30. The van der Waals surface area contributed by atoms with E-state index in [1.807, 2.05) is 4.90 Å². The summed E-state index contributed by atoms with van der Waals surface area (Å²) in [5.41, 5.74) is 2.77. The summed E-state index contributed by atoms with van der Waals surface area (Å²) in [6, 6.07) is 0. The van der Waals surface area contributed by atoms with Gasteiger partial charge in [0.1, 0.15) is 0 Å². The van der Waals surface area contributed by atoms with Crippen molar-refractivity contribution in [2.45, 2.75) is 39.5 Å². The Bertz CT molecular complexity index is 267. The topological polar surface area (TPSA) is 20.3 Å². The van der Waals surface area contributed by atoms with E-state index >= 15 is 0 Å². The van der Waals surface area contributed by atoms with Gasteiger partial charge in [-0.1, -0.05) is 12.5 Å². The highest BCUT2D eigenvalue weighted by atomic mass is 16.2. The minimum atomic E-state index is 0.340. The molecule has 0 spiro atoms. The number of hydrogen-bond donors (Lipinski definition) is 0. The molecule has 72 valence electrons. The quantitative estimate of drug-likeness (QED) is 0.559. The van der Waals surface area contributed by atoms with Crippen LogP contribution < -0.4 is 0 Å². The Morgan fingerprint density at radius 3 is 2.85 bits per heavy atom. The van der Waals surface area contributed by atoms with Crippen molar-refractivity contribution in [3.63, 3.8) is 0 Å². The van der Waals surface area contributed by atoms with Crippen molar-refractivity contribution >= 4 is 5.91 Å².